The van der Waals surface area contributed by atoms with Crippen molar-refractivity contribution < 1.29 is 15.0 Å². The fraction of sp³-hybridized carbons (Fsp3) is 0.385. The number of H-pyrrole nitrogens is 1. The number of nitrogens with zero attached hydrogens (tertiary/aromatic N) is 1. The highest BCUT2D eigenvalue weighted by molar-refractivity contribution is 5.75. The van der Waals surface area contributed by atoms with E-state index in [9.17, 15) is 15.0 Å². The Balaban J connectivity index is 2.01. The van der Waals surface area contributed by atoms with Gasteiger partial charge in [-0.15, -0.1) is 0 Å². The number of aliphatic hydroxyl groups excluding tert-OH is 2. The lowest BCUT2D eigenvalue weighted by molar-refractivity contribution is -0.119. The van der Waals surface area contributed by atoms with Crippen molar-refractivity contribution in [2.45, 2.75) is 25.6 Å². The summed E-state index contributed by atoms with van der Waals surface area (Å²) in [4.78, 5) is 17.9. The molecule has 0 spiro atoms. The third-order valence-electron chi connectivity index (χ3n) is 2.94. The molecule has 19 heavy (non-hydrogen) atoms. The fourth-order valence-electron chi connectivity index (χ4n) is 1.89. The molecule has 1 amide bonds. The van der Waals surface area contributed by atoms with Crippen LogP contribution in [0.3, 0.4) is 0 Å². The molecule has 0 aliphatic heterocycles. The van der Waals surface area contributed by atoms with Crippen molar-refractivity contribution in [3.8, 4) is 0 Å². The highest BCUT2D eigenvalue weighted by atomic mass is 16.3. The van der Waals surface area contributed by atoms with Crippen LogP contribution in [0.5, 0.6) is 0 Å². The maximum Gasteiger partial charge on any atom is 0.216 e. The van der Waals surface area contributed by atoms with Crippen LogP contribution in [-0.4, -0.2) is 38.7 Å². The van der Waals surface area contributed by atoms with Gasteiger partial charge in [-0.1, -0.05) is 0 Å². The average molecular weight is 263 g/mol. The van der Waals surface area contributed by atoms with Crippen LogP contribution in [0.15, 0.2) is 24.5 Å². The third kappa shape index (κ3) is 3.30. The molecule has 4 N–H and O–H groups in total. The average Bonchev–Trinajstić information content (AvgIpc) is 2.84. The molecule has 0 saturated heterocycles. The number of aromatic nitrogens is 2. The van der Waals surface area contributed by atoms with E-state index in [4.69, 9.17) is 0 Å². The van der Waals surface area contributed by atoms with Gasteiger partial charge in [0.15, 0.2) is 0 Å². The molecule has 2 aromatic heterocycles. The zero-order valence-corrected chi connectivity index (χ0v) is 10.6. The molecule has 0 fully saturated rings. The quantitative estimate of drug-likeness (QED) is 0.630. The zero-order valence-electron chi connectivity index (χ0n) is 10.6. The first kappa shape index (κ1) is 13.5. The van der Waals surface area contributed by atoms with Crippen LogP contribution in [0.2, 0.25) is 0 Å². The number of aliphatic hydroxyl groups is 2. The Morgan fingerprint density at radius 3 is 3.05 bits per heavy atom. The van der Waals surface area contributed by atoms with Crippen molar-refractivity contribution in [1.82, 2.24) is 15.3 Å². The molecule has 2 aromatic rings. The van der Waals surface area contributed by atoms with Gasteiger partial charge in [0.2, 0.25) is 5.91 Å². The van der Waals surface area contributed by atoms with E-state index in [0.29, 0.717) is 12.1 Å². The van der Waals surface area contributed by atoms with E-state index >= 15 is 0 Å². The standard InChI is InChI=1S/C13H17N3O3/c1-8(17)14-5-3-12(18)13(19)9-6-11-10(16-7-9)2-4-15-11/h2,4,6-7,12-13,15,18-19H,3,5H2,1H3,(H,14,17). The predicted molar refractivity (Wildman–Crippen MR) is 70.4 cm³/mol. The molecule has 102 valence electrons. The minimum Gasteiger partial charge on any atom is -0.390 e. The molecule has 0 aliphatic carbocycles. The van der Waals surface area contributed by atoms with E-state index in [-0.39, 0.29) is 12.3 Å². The van der Waals surface area contributed by atoms with Gasteiger partial charge in [0.25, 0.3) is 0 Å². The van der Waals surface area contributed by atoms with E-state index in [1.165, 1.54) is 6.92 Å². The molecule has 2 heterocycles. The molecule has 6 nitrogen and oxygen atoms in total. The number of fused-ring (bicyclic) bond motifs is 1. The molecule has 0 radical (unpaired) electrons. The van der Waals surface area contributed by atoms with E-state index in [0.717, 1.165) is 11.0 Å². The highest BCUT2D eigenvalue weighted by Gasteiger charge is 2.19. The third-order valence-corrected chi connectivity index (χ3v) is 2.94. The van der Waals surface area contributed by atoms with Crippen molar-refractivity contribution >= 4 is 16.9 Å². The van der Waals surface area contributed by atoms with Crippen molar-refractivity contribution in [2.24, 2.45) is 0 Å². The number of aromatic amines is 1. The second-order valence-electron chi connectivity index (χ2n) is 4.46. The molecular weight excluding hydrogens is 246 g/mol. The largest absolute Gasteiger partial charge is 0.390 e. The second-order valence-corrected chi connectivity index (χ2v) is 4.46. The van der Waals surface area contributed by atoms with Gasteiger partial charge in [-0.25, -0.2) is 0 Å². The van der Waals surface area contributed by atoms with Crippen LogP contribution in [-0.2, 0) is 4.79 Å². The van der Waals surface area contributed by atoms with Crippen LogP contribution in [0.25, 0.3) is 11.0 Å². The number of amides is 1. The van der Waals surface area contributed by atoms with Gasteiger partial charge in [0, 0.05) is 31.4 Å². The van der Waals surface area contributed by atoms with Gasteiger partial charge >= 0.3 is 0 Å². The molecular formula is C13H17N3O3. The Labute approximate surface area is 110 Å². The molecule has 0 aromatic carbocycles. The molecule has 6 heteroatoms. The van der Waals surface area contributed by atoms with Crippen molar-refractivity contribution in [2.75, 3.05) is 6.54 Å². The first-order valence-corrected chi connectivity index (χ1v) is 6.11. The summed E-state index contributed by atoms with van der Waals surface area (Å²) in [5, 5.41) is 22.5. The van der Waals surface area contributed by atoms with E-state index in [1.807, 2.05) is 6.07 Å². The Morgan fingerprint density at radius 1 is 1.53 bits per heavy atom. The maximum atomic E-state index is 10.7. The molecule has 2 rings (SSSR count). The lowest BCUT2D eigenvalue weighted by atomic mass is 10.0. The number of rotatable bonds is 5. The number of nitrogens with one attached hydrogen (secondary N) is 2. The van der Waals surface area contributed by atoms with Gasteiger partial charge in [-0.3, -0.25) is 9.78 Å². The maximum absolute atomic E-state index is 10.7. The normalized spacial score (nSPS) is 14.3. The lowest BCUT2D eigenvalue weighted by Crippen LogP contribution is -2.27. The zero-order chi connectivity index (χ0) is 13.8. The predicted octanol–water partition coefficient (Wildman–Crippen LogP) is 0.483. The minimum atomic E-state index is -1.02. The van der Waals surface area contributed by atoms with Gasteiger partial charge in [0.05, 0.1) is 17.1 Å². The van der Waals surface area contributed by atoms with Gasteiger partial charge < -0.3 is 20.5 Å². The minimum absolute atomic E-state index is 0.156. The SMILES string of the molecule is CC(=O)NCCC(O)C(O)c1cnc2cc[nH]c2c1. The first-order chi connectivity index (χ1) is 9.08. The van der Waals surface area contributed by atoms with Crippen LogP contribution in [0, 0.1) is 0 Å². The van der Waals surface area contributed by atoms with Crippen molar-refractivity contribution in [3.63, 3.8) is 0 Å². The molecule has 2 unspecified atom stereocenters. The molecule has 0 bridgehead atoms. The van der Waals surface area contributed by atoms with Gasteiger partial charge in [-0.05, 0) is 18.6 Å². The first-order valence-electron chi connectivity index (χ1n) is 6.11. The number of carbonyl (C=O) groups is 1. The fourth-order valence-corrected chi connectivity index (χ4v) is 1.89. The van der Waals surface area contributed by atoms with Crippen LogP contribution >= 0.6 is 0 Å². The van der Waals surface area contributed by atoms with Crippen LogP contribution in [0.4, 0.5) is 0 Å². The summed E-state index contributed by atoms with van der Waals surface area (Å²) < 4.78 is 0. The lowest BCUT2D eigenvalue weighted by Gasteiger charge is -2.18. The number of hydrogen-bond acceptors (Lipinski definition) is 4. The van der Waals surface area contributed by atoms with E-state index in [2.05, 4.69) is 15.3 Å². The summed E-state index contributed by atoms with van der Waals surface area (Å²) in [5.74, 6) is -0.156. The topological polar surface area (TPSA) is 98.2 Å². The Bertz CT molecular complexity index is 567. The summed E-state index contributed by atoms with van der Waals surface area (Å²) in [5.41, 5.74) is 2.17. The summed E-state index contributed by atoms with van der Waals surface area (Å²) in [7, 11) is 0. The van der Waals surface area contributed by atoms with E-state index < -0.39 is 12.2 Å². The number of pyridine rings is 1. The second kappa shape index (κ2) is 5.81. The summed E-state index contributed by atoms with van der Waals surface area (Å²) in [6, 6.07) is 3.59. The van der Waals surface area contributed by atoms with Gasteiger partial charge in [0.1, 0.15) is 6.10 Å². The summed E-state index contributed by atoms with van der Waals surface area (Å²) in [6.45, 7) is 1.73. The van der Waals surface area contributed by atoms with E-state index in [1.54, 1.807) is 18.5 Å². The molecule has 0 saturated carbocycles. The Kier molecular flexibility index (Phi) is 4.13. The smallest absolute Gasteiger partial charge is 0.216 e. The van der Waals surface area contributed by atoms with Crippen LogP contribution < -0.4 is 5.32 Å². The molecule has 2 atom stereocenters. The number of carbonyl (C=O) groups excluding carboxylic acids is 1. The number of hydrogen-bond donors (Lipinski definition) is 4. The summed E-state index contributed by atoms with van der Waals surface area (Å²) in [6.07, 6.45) is 1.63. The van der Waals surface area contributed by atoms with Crippen LogP contribution in [0.1, 0.15) is 25.0 Å². The highest BCUT2D eigenvalue weighted by Crippen LogP contribution is 2.21. The van der Waals surface area contributed by atoms with Crippen molar-refractivity contribution in [1.29, 1.82) is 0 Å². The Hall–Kier alpha value is -1.92. The van der Waals surface area contributed by atoms with Crippen molar-refractivity contribution in [3.05, 3.63) is 30.1 Å². The monoisotopic (exact) mass is 263 g/mol. The molecule has 0 aliphatic rings. The Morgan fingerprint density at radius 2 is 2.32 bits per heavy atom. The summed E-state index contributed by atoms with van der Waals surface area (Å²) >= 11 is 0. The van der Waals surface area contributed by atoms with Gasteiger partial charge in [-0.2, -0.15) is 0 Å².